The molecular formula is C19H20ClNO4S. The number of benzene rings is 2. The number of carboxylic acid groups (broad SMARTS) is 1. The minimum atomic E-state index is -1.03. The Kier molecular flexibility index (Phi) is 7.81. The van der Waals surface area contributed by atoms with E-state index in [4.69, 9.17) is 21.4 Å². The first-order chi connectivity index (χ1) is 12.4. The van der Waals surface area contributed by atoms with Gasteiger partial charge in [-0.2, -0.15) is 0 Å². The Morgan fingerprint density at radius 1 is 1.19 bits per heavy atom. The third-order valence-corrected chi connectivity index (χ3v) is 4.82. The highest BCUT2D eigenvalue weighted by Gasteiger charge is 2.07. The van der Waals surface area contributed by atoms with Gasteiger partial charge in [-0.25, -0.2) is 4.79 Å². The number of nitrogens with one attached hydrogen (secondary N) is 1. The number of carbonyl (C=O) groups excluding carboxylic acids is 1. The Labute approximate surface area is 161 Å². The van der Waals surface area contributed by atoms with E-state index in [2.05, 4.69) is 5.32 Å². The molecule has 7 heteroatoms. The predicted octanol–water partition coefficient (Wildman–Crippen LogP) is 4.62. The fourth-order valence-corrected chi connectivity index (χ4v) is 3.16. The minimum Gasteiger partial charge on any atom is -0.482 e. The smallest absolute Gasteiger partial charge is 0.341 e. The lowest BCUT2D eigenvalue weighted by Crippen LogP contribution is -2.13. The third-order valence-electron chi connectivity index (χ3n) is 3.46. The number of halogens is 1. The first-order valence-electron chi connectivity index (χ1n) is 8.07. The molecule has 0 unspecified atom stereocenters. The number of aliphatic carboxylic acids is 1. The summed E-state index contributed by atoms with van der Waals surface area (Å²) in [6.45, 7) is 1.44. The molecule has 0 fully saturated rings. The Hall–Kier alpha value is -2.18. The van der Waals surface area contributed by atoms with Crippen LogP contribution >= 0.6 is 23.4 Å². The molecule has 26 heavy (non-hydrogen) atoms. The van der Waals surface area contributed by atoms with Gasteiger partial charge >= 0.3 is 5.97 Å². The molecule has 0 radical (unpaired) electrons. The van der Waals surface area contributed by atoms with Crippen LogP contribution in [0.2, 0.25) is 5.02 Å². The van der Waals surface area contributed by atoms with E-state index in [1.807, 2.05) is 31.2 Å². The normalized spacial score (nSPS) is 10.4. The van der Waals surface area contributed by atoms with E-state index in [9.17, 15) is 9.59 Å². The van der Waals surface area contributed by atoms with Crippen molar-refractivity contribution in [2.24, 2.45) is 0 Å². The zero-order valence-corrected chi connectivity index (χ0v) is 15.9. The van der Waals surface area contributed by atoms with Crippen molar-refractivity contribution < 1.29 is 19.4 Å². The van der Waals surface area contributed by atoms with Gasteiger partial charge in [0.25, 0.3) is 0 Å². The van der Waals surface area contributed by atoms with E-state index in [0.29, 0.717) is 22.9 Å². The molecule has 0 saturated heterocycles. The van der Waals surface area contributed by atoms with Crippen LogP contribution in [0.15, 0.2) is 47.4 Å². The number of thioether (sulfide) groups is 1. The summed E-state index contributed by atoms with van der Waals surface area (Å²) in [5.41, 5.74) is 1.51. The first kappa shape index (κ1) is 20.1. The van der Waals surface area contributed by atoms with Crippen LogP contribution in [-0.4, -0.2) is 29.3 Å². The van der Waals surface area contributed by atoms with E-state index in [1.54, 1.807) is 30.0 Å². The molecule has 2 N–H and O–H groups in total. The van der Waals surface area contributed by atoms with Crippen molar-refractivity contribution in [2.45, 2.75) is 24.7 Å². The Balaban J connectivity index is 1.74. The zero-order chi connectivity index (χ0) is 18.9. The maximum absolute atomic E-state index is 12.1. The maximum atomic E-state index is 12.1. The molecule has 0 aliphatic heterocycles. The number of amides is 1. The van der Waals surface area contributed by atoms with E-state index in [0.717, 1.165) is 22.6 Å². The molecular weight excluding hydrogens is 374 g/mol. The highest BCUT2D eigenvalue weighted by Crippen LogP contribution is 2.23. The molecule has 0 heterocycles. The van der Waals surface area contributed by atoms with Gasteiger partial charge in [-0.05, 0) is 67.1 Å². The molecule has 138 valence electrons. The van der Waals surface area contributed by atoms with Crippen molar-refractivity contribution >= 4 is 40.9 Å². The average Bonchev–Trinajstić information content (AvgIpc) is 2.60. The second kappa shape index (κ2) is 10.1. The topological polar surface area (TPSA) is 75.6 Å². The minimum absolute atomic E-state index is 0.0518. The van der Waals surface area contributed by atoms with Crippen LogP contribution in [0.4, 0.5) is 5.69 Å². The molecule has 0 saturated carbocycles. The molecule has 0 atom stereocenters. The predicted molar refractivity (Wildman–Crippen MR) is 104 cm³/mol. The molecule has 0 aliphatic rings. The van der Waals surface area contributed by atoms with E-state index in [1.165, 1.54) is 0 Å². The lowest BCUT2D eigenvalue weighted by Gasteiger charge is -2.10. The second-order valence-corrected chi connectivity index (χ2v) is 7.22. The largest absolute Gasteiger partial charge is 0.482 e. The summed E-state index contributed by atoms with van der Waals surface area (Å²) in [4.78, 5) is 23.7. The molecule has 1 amide bonds. The van der Waals surface area contributed by atoms with Crippen LogP contribution in [0.3, 0.4) is 0 Å². The van der Waals surface area contributed by atoms with Gasteiger partial charge in [0.2, 0.25) is 5.91 Å². The highest BCUT2D eigenvalue weighted by molar-refractivity contribution is 7.99. The fourth-order valence-electron chi connectivity index (χ4n) is 2.18. The van der Waals surface area contributed by atoms with Crippen molar-refractivity contribution in [3.8, 4) is 5.75 Å². The Bertz CT molecular complexity index is 765. The lowest BCUT2D eigenvalue weighted by atomic mass is 10.2. The van der Waals surface area contributed by atoms with Gasteiger partial charge in [-0.1, -0.05) is 11.6 Å². The molecule has 2 aromatic carbocycles. The van der Waals surface area contributed by atoms with Crippen LogP contribution < -0.4 is 10.1 Å². The van der Waals surface area contributed by atoms with Gasteiger partial charge in [0.05, 0.1) is 0 Å². The van der Waals surface area contributed by atoms with Crippen molar-refractivity contribution in [3.05, 3.63) is 53.1 Å². The van der Waals surface area contributed by atoms with Crippen molar-refractivity contribution in [2.75, 3.05) is 17.7 Å². The summed E-state index contributed by atoms with van der Waals surface area (Å²) in [7, 11) is 0. The first-order valence-corrected chi connectivity index (χ1v) is 9.44. The van der Waals surface area contributed by atoms with E-state index in [-0.39, 0.29) is 5.91 Å². The third kappa shape index (κ3) is 6.98. The number of hydrogen-bond donors (Lipinski definition) is 2. The van der Waals surface area contributed by atoms with Crippen LogP contribution in [0.5, 0.6) is 5.75 Å². The molecule has 0 aromatic heterocycles. The van der Waals surface area contributed by atoms with Crippen LogP contribution in [-0.2, 0) is 9.59 Å². The number of hydrogen-bond acceptors (Lipinski definition) is 4. The molecule has 2 aromatic rings. The monoisotopic (exact) mass is 393 g/mol. The average molecular weight is 394 g/mol. The maximum Gasteiger partial charge on any atom is 0.341 e. The summed E-state index contributed by atoms with van der Waals surface area (Å²) >= 11 is 7.54. The summed E-state index contributed by atoms with van der Waals surface area (Å²) in [5, 5.41) is 12.2. The van der Waals surface area contributed by atoms with Crippen LogP contribution in [0.1, 0.15) is 18.4 Å². The summed E-state index contributed by atoms with van der Waals surface area (Å²) in [5.74, 6) is 0.221. The molecule has 2 rings (SSSR count). The quantitative estimate of drug-likeness (QED) is 0.480. The van der Waals surface area contributed by atoms with E-state index < -0.39 is 12.6 Å². The number of ether oxygens (including phenoxy) is 1. The lowest BCUT2D eigenvalue weighted by molar-refractivity contribution is -0.139. The van der Waals surface area contributed by atoms with Crippen LogP contribution in [0.25, 0.3) is 0 Å². The summed E-state index contributed by atoms with van der Waals surface area (Å²) in [6.07, 6.45) is 1.19. The SMILES string of the molecule is Cc1cc(OCC(=O)O)ccc1NC(=O)CCCSc1ccc(Cl)cc1. The van der Waals surface area contributed by atoms with Gasteiger partial charge in [0, 0.05) is 22.0 Å². The van der Waals surface area contributed by atoms with E-state index >= 15 is 0 Å². The Morgan fingerprint density at radius 2 is 1.92 bits per heavy atom. The molecule has 0 aliphatic carbocycles. The summed E-state index contributed by atoms with van der Waals surface area (Å²) in [6, 6.07) is 12.7. The fraction of sp³-hybridized carbons (Fsp3) is 0.263. The standard InChI is InChI=1S/C19H20ClNO4S/c1-13-11-15(25-12-19(23)24)6-9-17(13)21-18(22)3-2-10-26-16-7-4-14(20)5-8-16/h4-9,11H,2-3,10,12H2,1H3,(H,21,22)(H,23,24). The van der Waals surface area contributed by atoms with Crippen molar-refractivity contribution in [3.63, 3.8) is 0 Å². The van der Waals surface area contributed by atoms with Gasteiger partial charge in [0.15, 0.2) is 6.61 Å². The summed E-state index contributed by atoms with van der Waals surface area (Å²) < 4.78 is 5.11. The number of carboxylic acids is 1. The second-order valence-electron chi connectivity index (χ2n) is 5.61. The number of rotatable bonds is 9. The number of carbonyl (C=O) groups is 2. The zero-order valence-electron chi connectivity index (χ0n) is 14.3. The van der Waals surface area contributed by atoms with Gasteiger partial charge in [-0.3, -0.25) is 4.79 Å². The number of aryl methyl sites for hydroxylation is 1. The van der Waals surface area contributed by atoms with Crippen LogP contribution in [0, 0.1) is 6.92 Å². The van der Waals surface area contributed by atoms with Crippen molar-refractivity contribution in [1.82, 2.24) is 0 Å². The van der Waals surface area contributed by atoms with Gasteiger partial charge < -0.3 is 15.2 Å². The molecule has 0 bridgehead atoms. The van der Waals surface area contributed by atoms with Gasteiger partial charge in [0.1, 0.15) is 5.75 Å². The number of anilines is 1. The van der Waals surface area contributed by atoms with Crippen molar-refractivity contribution in [1.29, 1.82) is 0 Å². The highest BCUT2D eigenvalue weighted by atomic mass is 35.5. The Morgan fingerprint density at radius 3 is 2.58 bits per heavy atom. The molecule has 5 nitrogen and oxygen atoms in total. The van der Waals surface area contributed by atoms with Gasteiger partial charge in [-0.15, -0.1) is 11.8 Å². The molecule has 0 spiro atoms.